The third-order valence-electron chi connectivity index (χ3n) is 3.51. The molecule has 0 saturated heterocycles. The number of aromatic nitrogens is 2. The van der Waals surface area contributed by atoms with Crippen LogP contribution in [0, 0.1) is 0 Å². The Bertz CT molecular complexity index is 1020. The first kappa shape index (κ1) is 18.3. The molecule has 3 rings (SSSR count). The van der Waals surface area contributed by atoms with Crippen molar-refractivity contribution in [3.05, 3.63) is 65.3 Å². The number of anilines is 1. The van der Waals surface area contributed by atoms with E-state index < -0.39 is 16.4 Å². The number of nitrogens with zero attached hydrogens (tertiary/aromatic N) is 2. The van der Waals surface area contributed by atoms with Crippen LogP contribution in [0.2, 0.25) is 5.02 Å². The van der Waals surface area contributed by atoms with Crippen molar-refractivity contribution < 1.29 is 17.2 Å². The van der Waals surface area contributed by atoms with Crippen molar-refractivity contribution in [3.8, 4) is 16.9 Å². The average molecular weight is 398 g/mol. The molecule has 0 aliphatic rings. The Morgan fingerprint density at radius 2 is 1.69 bits per heavy atom. The van der Waals surface area contributed by atoms with E-state index in [-0.39, 0.29) is 5.69 Å². The molecule has 26 heavy (non-hydrogen) atoms. The van der Waals surface area contributed by atoms with E-state index in [0.29, 0.717) is 27.7 Å². The summed E-state index contributed by atoms with van der Waals surface area (Å²) < 4.78 is 52.6. The van der Waals surface area contributed by atoms with Gasteiger partial charge in [0.1, 0.15) is 5.69 Å². The summed E-state index contributed by atoms with van der Waals surface area (Å²) in [4.78, 5) is 0. The van der Waals surface area contributed by atoms with Gasteiger partial charge >= 0.3 is 0 Å². The third kappa shape index (κ3) is 4.20. The van der Waals surface area contributed by atoms with Crippen LogP contribution in [-0.4, -0.2) is 24.5 Å². The summed E-state index contributed by atoms with van der Waals surface area (Å²) in [6, 6.07) is 14.3. The molecular weight excluding hydrogens is 384 g/mol. The molecule has 0 amide bonds. The molecule has 0 bridgehead atoms. The molecule has 0 aliphatic heterocycles. The molecule has 0 atom stereocenters. The Labute approximate surface area is 154 Å². The summed E-state index contributed by atoms with van der Waals surface area (Å²) in [6.07, 6.45) is -1.67. The highest BCUT2D eigenvalue weighted by Crippen LogP contribution is 2.29. The van der Waals surface area contributed by atoms with E-state index in [9.17, 15) is 17.2 Å². The van der Waals surface area contributed by atoms with Crippen molar-refractivity contribution in [2.45, 2.75) is 6.43 Å². The van der Waals surface area contributed by atoms with Gasteiger partial charge in [0.2, 0.25) is 10.0 Å². The standard InChI is InChI=1S/C17H14ClF2N3O2S/c1-26(24,25)22-13-6-2-11(3-7-13)16-10-15(17(19)20)21-23(16)14-8-4-12(18)5-9-14/h2-10,17,22H,1H3. The molecule has 1 aromatic heterocycles. The monoisotopic (exact) mass is 397 g/mol. The maximum Gasteiger partial charge on any atom is 0.282 e. The molecule has 3 aromatic rings. The minimum Gasteiger partial charge on any atom is -0.284 e. The van der Waals surface area contributed by atoms with E-state index in [4.69, 9.17) is 11.6 Å². The van der Waals surface area contributed by atoms with Crippen molar-refractivity contribution in [1.82, 2.24) is 9.78 Å². The van der Waals surface area contributed by atoms with E-state index in [0.717, 1.165) is 6.26 Å². The highest BCUT2D eigenvalue weighted by atomic mass is 35.5. The summed E-state index contributed by atoms with van der Waals surface area (Å²) in [5.74, 6) is 0. The van der Waals surface area contributed by atoms with Crippen LogP contribution >= 0.6 is 11.6 Å². The van der Waals surface area contributed by atoms with Gasteiger partial charge in [0.25, 0.3) is 6.43 Å². The van der Waals surface area contributed by atoms with E-state index in [2.05, 4.69) is 9.82 Å². The Hall–Kier alpha value is -2.45. The van der Waals surface area contributed by atoms with Crippen LogP contribution in [0.1, 0.15) is 12.1 Å². The van der Waals surface area contributed by atoms with Gasteiger partial charge in [-0.05, 0) is 42.5 Å². The second-order valence-corrected chi connectivity index (χ2v) is 7.78. The van der Waals surface area contributed by atoms with Gasteiger partial charge in [-0.15, -0.1) is 0 Å². The lowest BCUT2D eigenvalue weighted by molar-refractivity contribution is 0.145. The molecule has 1 N–H and O–H groups in total. The Morgan fingerprint density at radius 1 is 1.08 bits per heavy atom. The Balaban J connectivity index is 2.04. The molecule has 0 spiro atoms. The van der Waals surface area contributed by atoms with Crippen LogP contribution in [0.3, 0.4) is 0 Å². The van der Waals surface area contributed by atoms with Gasteiger partial charge < -0.3 is 0 Å². The van der Waals surface area contributed by atoms with Gasteiger partial charge in [-0.25, -0.2) is 21.9 Å². The largest absolute Gasteiger partial charge is 0.284 e. The molecule has 0 aliphatic carbocycles. The fraction of sp³-hybridized carbons (Fsp3) is 0.118. The molecule has 5 nitrogen and oxygen atoms in total. The van der Waals surface area contributed by atoms with Gasteiger partial charge in [0.15, 0.2) is 0 Å². The molecule has 0 radical (unpaired) electrons. The number of hydrogen-bond acceptors (Lipinski definition) is 3. The molecule has 0 unspecified atom stereocenters. The van der Waals surface area contributed by atoms with Crippen LogP contribution in [0.5, 0.6) is 0 Å². The Morgan fingerprint density at radius 3 is 2.23 bits per heavy atom. The molecule has 2 aromatic carbocycles. The molecule has 0 saturated carbocycles. The molecular formula is C17H14ClF2N3O2S. The third-order valence-corrected chi connectivity index (χ3v) is 4.37. The van der Waals surface area contributed by atoms with Crippen molar-refractivity contribution in [1.29, 1.82) is 0 Å². The topological polar surface area (TPSA) is 64.0 Å². The fourth-order valence-corrected chi connectivity index (χ4v) is 3.10. The number of alkyl halides is 2. The van der Waals surface area contributed by atoms with Crippen LogP contribution in [0.25, 0.3) is 16.9 Å². The highest BCUT2D eigenvalue weighted by molar-refractivity contribution is 7.92. The van der Waals surface area contributed by atoms with Crippen LogP contribution in [0.4, 0.5) is 14.5 Å². The number of halogens is 3. The minimum absolute atomic E-state index is 0.353. The fourth-order valence-electron chi connectivity index (χ4n) is 2.41. The zero-order chi connectivity index (χ0) is 18.9. The summed E-state index contributed by atoms with van der Waals surface area (Å²) in [5, 5.41) is 4.50. The van der Waals surface area contributed by atoms with Crippen molar-refractivity contribution in [2.75, 3.05) is 11.0 Å². The van der Waals surface area contributed by atoms with E-state index in [1.165, 1.54) is 10.7 Å². The maximum atomic E-state index is 13.1. The first-order valence-electron chi connectivity index (χ1n) is 7.45. The van der Waals surface area contributed by atoms with Gasteiger partial charge in [0, 0.05) is 16.3 Å². The SMILES string of the molecule is CS(=O)(=O)Nc1ccc(-c2cc(C(F)F)nn2-c2ccc(Cl)cc2)cc1. The van der Waals surface area contributed by atoms with Crippen LogP contribution < -0.4 is 4.72 Å². The Kier molecular flexibility index (Phi) is 4.97. The lowest BCUT2D eigenvalue weighted by atomic mass is 10.1. The van der Waals surface area contributed by atoms with E-state index in [1.807, 2.05) is 0 Å². The number of rotatable bonds is 5. The molecule has 1 heterocycles. The average Bonchev–Trinajstić information content (AvgIpc) is 3.00. The summed E-state index contributed by atoms with van der Waals surface area (Å²) in [6.45, 7) is 0. The minimum atomic E-state index is -3.40. The zero-order valence-electron chi connectivity index (χ0n) is 13.5. The lowest BCUT2D eigenvalue weighted by Gasteiger charge is -2.09. The summed E-state index contributed by atoms with van der Waals surface area (Å²) in [7, 11) is -3.40. The predicted molar refractivity (Wildman–Crippen MR) is 97.4 cm³/mol. The van der Waals surface area contributed by atoms with Gasteiger partial charge in [-0.2, -0.15) is 5.10 Å². The number of hydrogen-bond donors (Lipinski definition) is 1. The number of nitrogens with one attached hydrogen (secondary N) is 1. The second kappa shape index (κ2) is 7.05. The number of sulfonamides is 1. The normalized spacial score (nSPS) is 11.7. The number of benzene rings is 2. The predicted octanol–water partition coefficient (Wildman–Crippen LogP) is 4.50. The van der Waals surface area contributed by atoms with Crippen molar-refractivity contribution in [2.24, 2.45) is 0 Å². The van der Waals surface area contributed by atoms with Crippen molar-refractivity contribution >= 4 is 27.3 Å². The molecule has 0 fully saturated rings. The highest BCUT2D eigenvalue weighted by Gasteiger charge is 2.18. The van der Waals surface area contributed by atoms with Crippen LogP contribution in [-0.2, 0) is 10.0 Å². The summed E-state index contributed by atoms with van der Waals surface area (Å²) >= 11 is 5.88. The first-order chi connectivity index (χ1) is 12.2. The quantitative estimate of drug-likeness (QED) is 0.689. The maximum absolute atomic E-state index is 13.1. The molecule has 9 heteroatoms. The zero-order valence-corrected chi connectivity index (χ0v) is 15.1. The van der Waals surface area contributed by atoms with Gasteiger partial charge in [0.05, 0.1) is 17.6 Å². The van der Waals surface area contributed by atoms with Crippen molar-refractivity contribution in [3.63, 3.8) is 0 Å². The molecule has 136 valence electrons. The second-order valence-electron chi connectivity index (χ2n) is 5.59. The van der Waals surface area contributed by atoms with Gasteiger partial charge in [-0.1, -0.05) is 23.7 Å². The smallest absolute Gasteiger partial charge is 0.282 e. The first-order valence-corrected chi connectivity index (χ1v) is 9.72. The summed E-state index contributed by atoms with van der Waals surface area (Å²) in [5.41, 5.74) is 1.66. The van der Waals surface area contributed by atoms with E-state index >= 15 is 0 Å². The van der Waals surface area contributed by atoms with Crippen LogP contribution in [0.15, 0.2) is 54.6 Å². The lowest BCUT2D eigenvalue weighted by Crippen LogP contribution is -2.09. The van der Waals surface area contributed by atoms with E-state index in [1.54, 1.807) is 48.5 Å². The van der Waals surface area contributed by atoms with Gasteiger partial charge in [-0.3, -0.25) is 4.72 Å².